The van der Waals surface area contributed by atoms with Gasteiger partial charge in [-0.3, -0.25) is 9.59 Å². The van der Waals surface area contributed by atoms with Crippen molar-refractivity contribution in [2.45, 2.75) is 62.8 Å². The Hall–Kier alpha value is -1.56. The van der Waals surface area contributed by atoms with Crippen LogP contribution in [0.2, 0.25) is 0 Å². The third-order valence-corrected chi connectivity index (χ3v) is 6.96. The highest BCUT2D eigenvalue weighted by Gasteiger charge is 2.42. The predicted molar refractivity (Wildman–Crippen MR) is 127 cm³/mol. The third-order valence-electron chi connectivity index (χ3n) is 5.45. The van der Waals surface area contributed by atoms with Gasteiger partial charge in [0.2, 0.25) is 11.8 Å². The number of hydrogen-bond donors (Lipinski definition) is 4. The van der Waals surface area contributed by atoms with E-state index in [1.807, 2.05) is 11.8 Å². The minimum absolute atomic E-state index is 0.0241. The van der Waals surface area contributed by atoms with Gasteiger partial charge in [0.25, 0.3) is 0 Å². The standard InChI is InChI=1S/C22H40N4O6S/c1-17(27)23-8-4-10-30-12-14-32-15-13-31-11-5-9-24-20(28)7-3-2-6-19-21-18(16-33-19)25-22(29)26-21/h18-19,21H,2-16H2,1H3,(H,23,27)(H,24,28)(H2,25,26,29). The van der Waals surface area contributed by atoms with E-state index in [1.54, 1.807) is 0 Å². The van der Waals surface area contributed by atoms with E-state index < -0.39 is 0 Å². The summed E-state index contributed by atoms with van der Waals surface area (Å²) in [4.78, 5) is 34.0. The molecule has 10 nitrogen and oxygen atoms in total. The lowest BCUT2D eigenvalue weighted by molar-refractivity contribution is -0.121. The number of thioether (sulfide) groups is 1. The van der Waals surface area contributed by atoms with Crippen molar-refractivity contribution in [1.82, 2.24) is 21.3 Å². The van der Waals surface area contributed by atoms with Gasteiger partial charge in [0.05, 0.1) is 38.5 Å². The Balaban J connectivity index is 1.28. The number of carbonyl (C=O) groups excluding carboxylic acids is 3. The molecule has 4 amide bonds. The average Bonchev–Trinajstić information content (AvgIpc) is 3.33. The van der Waals surface area contributed by atoms with E-state index in [-0.39, 0.29) is 29.9 Å². The largest absolute Gasteiger partial charge is 0.379 e. The van der Waals surface area contributed by atoms with Crippen LogP contribution < -0.4 is 21.3 Å². The lowest BCUT2D eigenvalue weighted by atomic mass is 10.0. The van der Waals surface area contributed by atoms with Crippen LogP contribution in [-0.4, -0.2) is 93.7 Å². The van der Waals surface area contributed by atoms with Gasteiger partial charge < -0.3 is 35.5 Å². The summed E-state index contributed by atoms with van der Waals surface area (Å²) < 4.78 is 16.3. The monoisotopic (exact) mass is 488 g/mol. The fraction of sp³-hybridized carbons (Fsp3) is 0.864. The van der Waals surface area contributed by atoms with Crippen LogP contribution in [0.3, 0.4) is 0 Å². The predicted octanol–water partition coefficient (Wildman–Crippen LogP) is 0.795. The molecule has 0 spiro atoms. The molecule has 190 valence electrons. The molecule has 0 aromatic heterocycles. The van der Waals surface area contributed by atoms with E-state index in [4.69, 9.17) is 14.2 Å². The van der Waals surface area contributed by atoms with Gasteiger partial charge in [0.1, 0.15) is 0 Å². The Morgan fingerprint density at radius 3 is 2.21 bits per heavy atom. The van der Waals surface area contributed by atoms with Crippen LogP contribution in [0.15, 0.2) is 0 Å². The highest BCUT2D eigenvalue weighted by molar-refractivity contribution is 8.00. The van der Waals surface area contributed by atoms with Gasteiger partial charge in [-0.1, -0.05) is 6.42 Å². The van der Waals surface area contributed by atoms with Crippen LogP contribution in [0, 0.1) is 0 Å². The maximum absolute atomic E-state index is 11.9. The second-order valence-corrected chi connectivity index (χ2v) is 9.52. The number of carbonyl (C=O) groups is 3. The molecule has 0 saturated carbocycles. The molecule has 2 aliphatic heterocycles. The zero-order valence-electron chi connectivity index (χ0n) is 19.7. The van der Waals surface area contributed by atoms with Crippen molar-refractivity contribution >= 4 is 29.6 Å². The molecular formula is C22H40N4O6S. The number of fused-ring (bicyclic) bond motifs is 1. The van der Waals surface area contributed by atoms with Crippen LogP contribution >= 0.6 is 11.8 Å². The van der Waals surface area contributed by atoms with Crippen LogP contribution in [-0.2, 0) is 23.8 Å². The Morgan fingerprint density at radius 2 is 1.55 bits per heavy atom. The molecule has 2 rings (SSSR count). The summed E-state index contributed by atoms with van der Waals surface area (Å²) in [6.45, 7) is 6.02. The fourth-order valence-corrected chi connectivity index (χ4v) is 5.29. The highest BCUT2D eigenvalue weighted by atomic mass is 32.2. The zero-order valence-corrected chi connectivity index (χ0v) is 20.5. The van der Waals surface area contributed by atoms with E-state index >= 15 is 0 Å². The summed E-state index contributed by atoms with van der Waals surface area (Å²) in [6, 6.07) is 0.447. The molecule has 0 aromatic rings. The highest BCUT2D eigenvalue weighted by Crippen LogP contribution is 2.33. The Bertz CT molecular complexity index is 597. The normalized spacial score (nSPS) is 21.4. The molecule has 2 aliphatic rings. The topological polar surface area (TPSA) is 127 Å². The van der Waals surface area contributed by atoms with Crippen molar-refractivity contribution in [3.63, 3.8) is 0 Å². The number of rotatable bonds is 19. The molecule has 0 bridgehead atoms. The maximum atomic E-state index is 11.9. The van der Waals surface area contributed by atoms with Gasteiger partial charge in [-0.2, -0.15) is 11.8 Å². The molecule has 3 atom stereocenters. The molecule has 11 heteroatoms. The molecule has 2 fully saturated rings. The van der Waals surface area contributed by atoms with Crippen LogP contribution in [0.4, 0.5) is 4.79 Å². The Kier molecular flexibility index (Phi) is 14.2. The van der Waals surface area contributed by atoms with E-state index in [0.717, 1.165) is 37.9 Å². The summed E-state index contributed by atoms with van der Waals surface area (Å²) in [6.07, 6.45) is 5.00. The number of ether oxygens (including phenoxy) is 3. The van der Waals surface area contributed by atoms with Crippen LogP contribution in [0.1, 0.15) is 45.4 Å². The van der Waals surface area contributed by atoms with Crippen molar-refractivity contribution in [3.05, 3.63) is 0 Å². The van der Waals surface area contributed by atoms with Gasteiger partial charge >= 0.3 is 6.03 Å². The summed E-state index contributed by atoms with van der Waals surface area (Å²) in [5, 5.41) is 12.1. The van der Waals surface area contributed by atoms with Crippen molar-refractivity contribution in [2.75, 3.05) is 58.5 Å². The summed E-state index contributed by atoms with van der Waals surface area (Å²) in [7, 11) is 0. The van der Waals surface area contributed by atoms with Gasteiger partial charge in [-0.05, 0) is 25.7 Å². The third kappa shape index (κ3) is 12.5. The molecule has 0 aliphatic carbocycles. The number of amides is 4. The van der Waals surface area contributed by atoms with E-state index in [1.165, 1.54) is 6.92 Å². The SMILES string of the molecule is CC(=O)NCCCOCCOCCOCCCNC(=O)CCCCC1SCC2NC(=O)NC21. The maximum Gasteiger partial charge on any atom is 0.315 e. The lowest BCUT2D eigenvalue weighted by Gasteiger charge is -2.16. The smallest absolute Gasteiger partial charge is 0.315 e. The first-order valence-corrected chi connectivity index (χ1v) is 13.0. The molecule has 4 N–H and O–H groups in total. The Labute approximate surface area is 201 Å². The van der Waals surface area contributed by atoms with Crippen molar-refractivity contribution in [3.8, 4) is 0 Å². The summed E-state index contributed by atoms with van der Waals surface area (Å²) in [5.74, 6) is 1.03. The molecule has 0 aromatic carbocycles. The lowest BCUT2D eigenvalue weighted by Crippen LogP contribution is -2.36. The number of nitrogens with one attached hydrogen (secondary N) is 4. The molecule has 2 saturated heterocycles. The zero-order chi connectivity index (χ0) is 23.7. The van der Waals surface area contributed by atoms with Crippen LogP contribution in [0.25, 0.3) is 0 Å². The first-order chi connectivity index (χ1) is 16.1. The molecule has 3 unspecified atom stereocenters. The average molecular weight is 489 g/mol. The minimum atomic E-state index is -0.0522. The van der Waals surface area contributed by atoms with E-state index in [9.17, 15) is 14.4 Å². The number of urea groups is 1. The minimum Gasteiger partial charge on any atom is -0.379 e. The quantitative estimate of drug-likeness (QED) is 0.156. The van der Waals surface area contributed by atoms with Gasteiger partial charge in [-0.15, -0.1) is 0 Å². The second-order valence-electron chi connectivity index (χ2n) is 8.24. The fourth-order valence-electron chi connectivity index (χ4n) is 3.75. The first kappa shape index (κ1) is 27.7. The second kappa shape index (κ2) is 17.0. The first-order valence-electron chi connectivity index (χ1n) is 12.0. The summed E-state index contributed by atoms with van der Waals surface area (Å²) >= 11 is 1.91. The van der Waals surface area contributed by atoms with Gasteiger partial charge in [0.15, 0.2) is 0 Å². The van der Waals surface area contributed by atoms with Gasteiger partial charge in [-0.25, -0.2) is 4.79 Å². The molecule has 2 heterocycles. The van der Waals surface area contributed by atoms with E-state index in [0.29, 0.717) is 64.4 Å². The van der Waals surface area contributed by atoms with Crippen molar-refractivity contribution in [1.29, 1.82) is 0 Å². The molecule has 0 radical (unpaired) electrons. The van der Waals surface area contributed by atoms with Crippen molar-refractivity contribution < 1.29 is 28.6 Å². The van der Waals surface area contributed by atoms with E-state index in [2.05, 4.69) is 21.3 Å². The van der Waals surface area contributed by atoms with Crippen LogP contribution in [0.5, 0.6) is 0 Å². The number of hydrogen-bond acceptors (Lipinski definition) is 7. The molecular weight excluding hydrogens is 448 g/mol. The Morgan fingerprint density at radius 1 is 0.909 bits per heavy atom. The van der Waals surface area contributed by atoms with Crippen molar-refractivity contribution in [2.24, 2.45) is 0 Å². The summed E-state index contributed by atoms with van der Waals surface area (Å²) in [5.41, 5.74) is 0. The number of unbranched alkanes of at least 4 members (excludes halogenated alkanes) is 1. The molecule has 33 heavy (non-hydrogen) atoms. The van der Waals surface area contributed by atoms with Gasteiger partial charge in [0, 0.05) is 50.7 Å².